The summed E-state index contributed by atoms with van der Waals surface area (Å²) in [5.74, 6) is -0.996. The standard InChI is InChI=1S/C19H16N2O3/c1-21(19(24)16-8-9-17(22)18(23)11-16)20-12-13-6-7-14-4-2-3-5-15(14)10-13/h2-12,22-23H,1H3/b20-12+. The Hall–Kier alpha value is -3.34. The molecule has 0 aliphatic rings. The number of nitrogens with zero attached hydrogens (tertiary/aromatic N) is 2. The van der Waals surface area contributed by atoms with Gasteiger partial charge in [0.15, 0.2) is 11.5 Å². The summed E-state index contributed by atoms with van der Waals surface area (Å²) < 4.78 is 0. The number of hydrazone groups is 1. The zero-order chi connectivity index (χ0) is 17.1. The molecule has 5 nitrogen and oxygen atoms in total. The summed E-state index contributed by atoms with van der Waals surface area (Å²) in [5.41, 5.74) is 1.12. The van der Waals surface area contributed by atoms with Gasteiger partial charge in [0, 0.05) is 12.6 Å². The second-order valence-electron chi connectivity index (χ2n) is 5.38. The first-order valence-corrected chi connectivity index (χ1v) is 7.37. The Morgan fingerprint density at radius 3 is 2.46 bits per heavy atom. The van der Waals surface area contributed by atoms with E-state index in [1.807, 2.05) is 42.5 Å². The molecule has 0 aliphatic carbocycles. The minimum Gasteiger partial charge on any atom is -0.504 e. The summed E-state index contributed by atoms with van der Waals surface area (Å²) >= 11 is 0. The molecule has 5 heteroatoms. The van der Waals surface area contributed by atoms with E-state index in [0.29, 0.717) is 0 Å². The average molecular weight is 320 g/mol. The van der Waals surface area contributed by atoms with Crippen LogP contribution < -0.4 is 0 Å². The third-order valence-electron chi connectivity index (χ3n) is 3.67. The van der Waals surface area contributed by atoms with Crippen LogP contribution in [0.15, 0.2) is 65.8 Å². The first-order chi connectivity index (χ1) is 11.5. The molecule has 0 bridgehead atoms. The lowest BCUT2D eigenvalue weighted by molar-refractivity contribution is 0.0800. The van der Waals surface area contributed by atoms with Crippen LogP contribution in [0.2, 0.25) is 0 Å². The highest BCUT2D eigenvalue weighted by Gasteiger charge is 2.12. The molecule has 0 heterocycles. The molecule has 2 N–H and O–H groups in total. The number of benzene rings is 3. The molecule has 0 radical (unpaired) electrons. The van der Waals surface area contributed by atoms with Crippen LogP contribution in [0.4, 0.5) is 0 Å². The first-order valence-electron chi connectivity index (χ1n) is 7.37. The molecule has 0 fully saturated rings. The number of rotatable bonds is 3. The van der Waals surface area contributed by atoms with Crippen LogP contribution in [0.25, 0.3) is 10.8 Å². The molecule has 1 amide bonds. The van der Waals surface area contributed by atoms with Gasteiger partial charge in [-0.25, -0.2) is 5.01 Å². The van der Waals surface area contributed by atoms with Gasteiger partial charge >= 0.3 is 0 Å². The minimum absolute atomic E-state index is 0.239. The Kier molecular flexibility index (Phi) is 4.16. The van der Waals surface area contributed by atoms with Crippen LogP contribution >= 0.6 is 0 Å². The van der Waals surface area contributed by atoms with E-state index in [1.54, 1.807) is 6.21 Å². The third kappa shape index (κ3) is 3.20. The molecule has 24 heavy (non-hydrogen) atoms. The summed E-state index contributed by atoms with van der Waals surface area (Å²) in [7, 11) is 1.53. The van der Waals surface area contributed by atoms with Gasteiger partial charge in [-0.3, -0.25) is 4.79 Å². The number of hydrogen-bond acceptors (Lipinski definition) is 4. The van der Waals surface area contributed by atoms with E-state index in [0.717, 1.165) is 16.3 Å². The van der Waals surface area contributed by atoms with Gasteiger partial charge in [-0.1, -0.05) is 36.4 Å². The lowest BCUT2D eigenvalue weighted by atomic mass is 10.1. The Morgan fingerprint density at radius 2 is 1.71 bits per heavy atom. The van der Waals surface area contributed by atoms with E-state index in [1.165, 1.54) is 30.3 Å². The predicted molar refractivity (Wildman–Crippen MR) is 93.4 cm³/mol. The topological polar surface area (TPSA) is 73.1 Å². The number of aromatic hydroxyl groups is 2. The van der Waals surface area contributed by atoms with Crippen LogP contribution in [-0.2, 0) is 0 Å². The maximum Gasteiger partial charge on any atom is 0.273 e. The maximum absolute atomic E-state index is 12.3. The van der Waals surface area contributed by atoms with E-state index >= 15 is 0 Å². The molecular weight excluding hydrogens is 304 g/mol. The normalized spacial score (nSPS) is 11.0. The molecule has 3 aromatic rings. The summed E-state index contributed by atoms with van der Waals surface area (Å²) in [5, 5.41) is 26.3. The van der Waals surface area contributed by atoms with Crippen molar-refractivity contribution in [1.82, 2.24) is 5.01 Å². The van der Waals surface area contributed by atoms with Crippen molar-refractivity contribution in [3.05, 3.63) is 71.8 Å². The fourth-order valence-corrected chi connectivity index (χ4v) is 2.34. The quantitative estimate of drug-likeness (QED) is 0.441. The Bertz CT molecular complexity index is 935. The van der Waals surface area contributed by atoms with Crippen molar-refractivity contribution >= 4 is 22.9 Å². The molecule has 3 aromatic carbocycles. The number of phenols is 2. The van der Waals surface area contributed by atoms with E-state index in [-0.39, 0.29) is 23.0 Å². The second-order valence-corrected chi connectivity index (χ2v) is 5.38. The highest BCUT2D eigenvalue weighted by atomic mass is 16.3. The van der Waals surface area contributed by atoms with Crippen LogP contribution in [0.5, 0.6) is 11.5 Å². The molecule has 0 spiro atoms. The summed E-state index contributed by atoms with van der Waals surface area (Å²) in [6.45, 7) is 0. The van der Waals surface area contributed by atoms with Gasteiger partial charge in [0.2, 0.25) is 0 Å². The fraction of sp³-hybridized carbons (Fsp3) is 0.0526. The molecular formula is C19H16N2O3. The zero-order valence-electron chi connectivity index (χ0n) is 13.0. The Labute approximate surface area is 139 Å². The van der Waals surface area contributed by atoms with Gasteiger partial charge in [0.1, 0.15) is 0 Å². The molecule has 3 rings (SSSR count). The number of phenolic OH excluding ortho intramolecular Hbond substituents is 2. The Balaban J connectivity index is 1.79. The summed E-state index contributed by atoms with van der Waals surface area (Å²) in [6.07, 6.45) is 1.60. The van der Waals surface area contributed by atoms with Crippen molar-refractivity contribution in [1.29, 1.82) is 0 Å². The van der Waals surface area contributed by atoms with Crippen LogP contribution in [-0.4, -0.2) is 34.4 Å². The van der Waals surface area contributed by atoms with Crippen LogP contribution in [0.3, 0.4) is 0 Å². The van der Waals surface area contributed by atoms with Gasteiger partial charge in [-0.05, 0) is 40.6 Å². The highest BCUT2D eigenvalue weighted by Crippen LogP contribution is 2.25. The smallest absolute Gasteiger partial charge is 0.273 e. The molecule has 0 saturated carbocycles. The minimum atomic E-state index is -0.387. The van der Waals surface area contributed by atoms with Crippen LogP contribution in [0, 0.1) is 0 Å². The lowest BCUT2D eigenvalue weighted by Gasteiger charge is -2.11. The van der Waals surface area contributed by atoms with Crippen LogP contribution in [0.1, 0.15) is 15.9 Å². The van der Waals surface area contributed by atoms with Crippen molar-refractivity contribution in [2.45, 2.75) is 0 Å². The van der Waals surface area contributed by atoms with Gasteiger partial charge in [-0.15, -0.1) is 0 Å². The molecule has 0 saturated heterocycles. The van der Waals surface area contributed by atoms with Gasteiger partial charge in [-0.2, -0.15) is 5.10 Å². The highest BCUT2D eigenvalue weighted by molar-refractivity contribution is 5.96. The van der Waals surface area contributed by atoms with E-state index in [4.69, 9.17) is 0 Å². The second kappa shape index (κ2) is 6.42. The zero-order valence-corrected chi connectivity index (χ0v) is 13.0. The number of hydrogen-bond donors (Lipinski definition) is 2. The fourth-order valence-electron chi connectivity index (χ4n) is 2.34. The molecule has 0 aliphatic heterocycles. The number of fused-ring (bicyclic) bond motifs is 1. The molecule has 120 valence electrons. The van der Waals surface area contributed by atoms with E-state index in [9.17, 15) is 15.0 Å². The summed E-state index contributed by atoms with van der Waals surface area (Å²) in [6, 6.07) is 17.8. The van der Waals surface area contributed by atoms with Crippen molar-refractivity contribution in [3.8, 4) is 11.5 Å². The lowest BCUT2D eigenvalue weighted by Crippen LogP contribution is -2.21. The first kappa shape index (κ1) is 15.6. The number of carbonyl (C=O) groups is 1. The predicted octanol–water partition coefficient (Wildman–Crippen LogP) is 3.36. The largest absolute Gasteiger partial charge is 0.504 e. The van der Waals surface area contributed by atoms with Crippen molar-refractivity contribution in [2.75, 3.05) is 7.05 Å². The average Bonchev–Trinajstić information content (AvgIpc) is 2.61. The monoisotopic (exact) mass is 320 g/mol. The SMILES string of the molecule is CN(/N=C/c1ccc2ccccc2c1)C(=O)c1ccc(O)c(O)c1. The Morgan fingerprint density at radius 1 is 0.958 bits per heavy atom. The van der Waals surface area contributed by atoms with E-state index in [2.05, 4.69) is 5.10 Å². The van der Waals surface area contributed by atoms with Crippen molar-refractivity contribution < 1.29 is 15.0 Å². The van der Waals surface area contributed by atoms with E-state index < -0.39 is 0 Å². The third-order valence-corrected chi connectivity index (χ3v) is 3.67. The van der Waals surface area contributed by atoms with Gasteiger partial charge < -0.3 is 10.2 Å². The molecule has 0 aromatic heterocycles. The summed E-state index contributed by atoms with van der Waals surface area (Å²) in [4.78, 5) is 12.3. The van der Waals surface area contributed by atoms with Gasteiger partial charge in [0.25, 0.3) is 5.91 Å². The maximum atomic E-state index is 12.3. The van der Waals surface area contributed by atoms with Crippen molar-refractivity contribution in [3.63, 3.8) is 0 Å². The van der Waals surface area contributed by atoms with Gasteiger partial charge in [0.05, 0.1) is 6.21 Å². The molecule has 0 atom stereocenters. The number of carbonyl (C=O) groups excluding carboxylic acids is 1. The van der Waals surface area contributed by atoms with Crippen molar-refractivity contribution in [2.24, 2.45) is 5.10 Å². The number of amides is 1. The molecule has 0 unspecified atom stereocenters.